The molecule has 2 saturated heterocycles. The van der Waals surface area contributed by atoms with Gasteiger partial charge in [0.25, 0.3) is 0 Å². The molecule has 232 valence electrons. The van der Waals surface area contributed by atoms with E-state index in [1.165, 1.54) is 0 Å². The fraction of sp³-hybridized carbons (Fsp3) is 0.531. The van der Waals surface area contributed by atoms with Crippen LogP contribution in [-0.4, -0.2) is 70.4 Å². The Morgan fingerprint density at radius 2 is 1.67 bits per heavy atom. The third kappa shape index (κ3) is 7.90. The SMILES string of the molecule is CCC(C)[C@@H]1NC(=O)[C@@H](Cc2cccc3ccccc23)NC(=O)[C@H](CCCCCC(=O)NO)NC(=O)[C@H]2CCCN2C1=O. The van der Waals surface area contributed by atoms with Gasteiger partial charge in [-0.3, -0.25) is 29.2 Å². The van der Waals surface area contributed by atoms with Gasteiger partial charge in [-0.25, -0.2) is 5.48 Å². The van der Waals surface area contributed by atoms with E-state index in [1.54, 1.807) is 10.4 Å². The summed E-state index contributed by atoms with van der Waals surface area (Å²) in [5.41, 5.74) is 2.48. The van der Waals surface area contributed by atoms with E-state index < -0.39 is 41.9 Å². The molecule has 11 nitrogen and oxygen atoms in total. The third-order valence-electron chi connectivity index (χ3n) is 8.71. The largest absolute Gasteiger partial charge is 0.343 e. The molecule has 1 unspecified atom stereocenters. The molecule has 0 spiro atoms. The number of carbonyl (C=O) groups is 5. The number of carbonyl (C=O) groups excluding carboxylic acids is 5. The minimum absolute atomic E-state index is 0.142. The summed E-state index contributed by atoms with van der Waals surface area (Å²) < 4.78 is 0. The number of hydrogen-bond donors (Lipinski definition) is 5. The van der Waals surface area contributed by atoms with Crippen molar-refractivity contribution in [2.24, 2.45) is 5.92 Å². The number of fused-ring (bicyclic) bond motifs is 2. The van der Waals surface area contributed by atoms with E-state index >= 15 is 0 Å². The van der Waals surface area contributed by atoms with Crippen molar-refractivity contribution in [1.82, 2.24) is 26.3 Å². The fourth-order valence-corrected chi connectivity index (χ4v) is 5.99. The number of benzene rings is 2. The summed E-state index contributed by atoms with van der Waals surface area (Å²) in [5.74, 6) is -2.25. The highest BCUT2D eigenvalue weighted by Gasteiger charge is 2.41. The van der Waals surface area contributed by atoms with Crippen molar-refractivity contribution in [3.63, 3.8) is 0 Å². The van der Waals surface area contributed by atoms with Gasteiger partial charge in [0.05, 0.1) is 0 Å². The van der Waals surface area contributed by atoms with Crippen LogP contribution in [0.15, 0.2) is 42.5 Å². The van der Waals surface area contributed by atoms with Crippen LogP contribution in [-0.2, 0) is 30.4 Å². The lowest BCUT2D eigenvalue weighted by molar-refractivity contribution is -0.144. The Labute approximate surface area is 252 Å². The Hall–Kier alpha value is -3.99. The lowest BCUT2D eigenvalue weighted by Gasteiger charge is -2.34. The zero-order chi connectivity index (χ0) is 30.9. The normalized spacial score (nSPS) is 23.8. The summed E-state index contributed by atoms with van der Waals surface area (Å²) in [5, 5.41) is 19.4. The van der Waals surface area contributed by atoms with Gasteiger partial charge in [0.2, 0.25) is 29.5 Å². The molecule has 11 heteroatoms. The van der Waals surface area contributed by atoms with E-state index in [-0.39, 0.29) is 37.0 Å². The van der Waals surface area contributed by atoms with Crippen LogP contribution in [0.1, 0.15) is 70.8 Å². The summed E-state index contributed by atoms with van der Waals surface area (Å²) >= 11 is 0. The standard InChI is InChI=1S/C32H43N5O6/c1-3-20(2)28-32(42)37-18-10-16-26(37)31(41)33-24(15-5-4-6-17-27(38)36-43)29(39)34-25(30(40)35-28)19-22-13-9-12-21-11-7-8-14-23(21)22/h7-9,11-14,20,24-26,28,43H,3-6,10,15-19H2,1-2H3,(H,33,41)(H,34,39)(H,35,40)(H,36,38)/t20?,24-,25+,26+,28-/m0/s1. The molecule has 2 heterocycles. The summed E-state index contributed by atoms with van der Waals surface area (Å²) in [6.45, 7) is 4.26. The second kappa shape index (κ2) is 15.0. The van der Waals surface area contributed by atoms with Crippen LogP contribution < -0.4 is 21.4 Å². The van der Waals surface area contributed by atoms with Gasteiger partial charge in [-0.2, -0.15) is 0 Å². The topological polar surface area (TPSA) is 157 Å². The van der Waals surface area contributed by atoms with Crippen molar-refractivity contribution in [3.8, 4) is 0 Å². The molecule has 0 saturated carbocycles. The highest BCUT2D eigenvalue weighted by molar-refractivity contribution is 5.98. The molecule has 4 rings (SSSR count). The monoisotopic (exact) mass is 593 g/mol. The van der Waals surface area contributed by atoms with E-state index in [2.05, 4.69) is 16.0 Å². The van der Waals surface area contributed by atoms with E-state index in [9.17, 15) is 24.0 Å². The summed E-state index contributed by atoms with van der Waals surface area (Å²) in [7, 11) is 0. The van der Waals surface area contributed by atoms with Crippen LogP contribution in [0.4, 0.5) is 0 Å². The summed E-state index contributed by atoms with van der Waals surface area (Å²) in [4.78, 5) is 67.9. The number of rotatable bonds is 10. The number of hydrogen-bond acceptors (Lipinski definition) is 6. The number of amides is 5. The molecule has 5 atom stereocenters. The van der Waals surface area contributed by atoms with Crippen LogP contribution in [0, 0.1) is 5.92 Å². The average molecular weight is 594 g/mol. The van der Waals surface area contributed by atoms with E-state index in [0.717, 1.165) is 16.3 Å². The number of unbranched alkanes of at least 4 members (excludes halogenated alkanes) is 2. The lowest BCUT2D eigenvalue weighted by atomic mass is 9.94. The smallest absolute Gasteiger partial charge is 0.246 e. The van der Waals surface area contributed by atoms with Gasteiger partial charge in [-0.15, -0.1) is 0 Å². The van der Waals surface area contributed by atoms with E-state index in [1.807, 2.05) is 56.3 Å². The van der Waals surface area contributed by atoms with Crippen LogP contribution in [0.5, 0.6) is 0 Å². The van der Waals surface area contributed by atoms with Crippen molar-refractivity contribution in [2.45, 2.75) is 95.8 Å². The molecule has 5 amide bonds. The Morgan fingerprint density at radius 1 is 0.953 bits per heavy atom. The molecule has 0 aliphatic carbocycles. The van der Waals surface area contributed by atoms with Gasteiger partial charge >= 0.3 is 0 Å². The first-order chi connectivity index (χ1) is 20.7. The molecule has 2 aromatic carbocycles. The third-order valence-corrected chi connectivity index (χ3v) is 8.71. The van der Waals surface area contributed by atoms with Gasteiger partial charge in [-0.05, 0) is 47.9 Å². The molecule has 2 aliphatic rings. The van der Waals surface area contributed by atoms with Crippen LogP contribution in [0.25, 0.3) is 10.8 Å². The molecule has 2 fully saturated rings. The molecule has 2 aromatic rings. The Morgan fingerprint density at radius 3 is 2.44 bits per heavy atom. The van der Waals surface area contributed by atoms with Gasteiger partial charge in [-0.1, -0.05) is 75.6 Å². The molecular formula is C32H43N5O6. The minimum atomic E-state index is -0.987. The maximum absolute atomic E-state index is 13.9. The molecule has 5 N–H and O–H groups in total. The van der Waals surface area contributed by atoms with Gasteiger partial charge in [0, 0.05) is 19.4 Å². The lowest BCUT2D eigenvalue weighted by Crippen LogP contribution is -2.62. The quantitative estimate of drug-likeness (QED) is 0.162. The van der Waals surface area contributed by atoms with Gasteiger partial charge in [0.15, 0.2) is 0 Å². The molecular weight excluding hydrogens is 550 g/mol. The van der Waals surface area contributed by atoms with E-state index in [0.29, 0.717) is 45.1 Å². The van der Waals surface area contributed by atoms with Gasteiger partial charge in [0.1, 0.15) is 24.2 Å². The average Bonchev–Trinajstić information content (AvgIpc) is 3.51. The number of nitrogens with one attached hydrogen (secondary N) is 4. The minimum Gasteiger partial charge on any atom is -0.343 e. The second-order valence-electron chi connectivity index (χ2n) is 11.7. The molecule has 2 aliphatic heterocycles. The first-order valence-corrected chi connectivity index (χ1v) is 15.3. The predicted molar refractivity (Wildman–Crippen MR) is 161 cm³/mol. The summed E-state index contributed by atoms with van der Waals surface area (Å²) in [6, 6.07) is 10.2. The van der Waals surface area contributed by atoms with Crippen LogP contribution in [0.2, 0.25) is 0 Å². The Kier molecular flexibility index (Phi) is 11.1. The zero-order valence-corrected chi connectivity index (χ0v) is 24.9. The van der Waals surface area contributed by atoms with Crippen LogP contribution >= 0.6 is 0 Å². The van der Waals surface area contributed by atoms with E-state index in [4.69, 9.17) is 5.21 Å². The maximum atomic E-state index is 13.9. The molecule has 0 radical (unpaired) electrons. The number of hydroxylamine groups is 1. The molecule has 43 heavy (non-hydrogen) atoms. The molecule has 0 aromatic heterocycles. The Bertz CT molecular complexity index is 1330. The second-order valence-corrected chi connectivity index (χ2v) is 11.7. The van der Waals surface area contributed by atoms with Crippen molar-refractivity contribution < 1.29 is 29.2 Å². The highest BCUT2D eigenvalue weighted by Crippen LogP contribution is 2.24. The van der Waals surface area contributed by atoms with Crippen molar-refractivity contribution in [1.29, 1.82) is 0 Å². The predicted octanol–water partition coefficient (Wildman–Crippen LogP) is 2.34. The van der Waals surface area contributed by atoms with Gasteiger partial charge < -0.3 is 20.9 Å². The number of nitrogens with zero attached hydrogens (tertiary/aromatic N) is 1. The highest BCUT2D eigenvalue weighted by atomic mass is 16.5. The maximum Gasteiger partial charge on any atom is 0.246 e. The summed E-state index contributed by atoms with van der Waals surface area (Å²) in [6.07, 6.45) is 4.03. The van der Waals surface area contributed by atoms with Crippen molar-refractivity contribution in [2.75, 3.05) is 6.54 Å². The fourth-order valence-electron chi connectivity index (χ4n) is 5.99. The zero-order valence-electron chi connectivity index (χ0n) is 24.9. The Balaban J connectivity index is 1.64. The molecule has 0 bridgehead atoms. The van der Waals surface area contributed by atoms with Crippen molar-refractivity contribution >= 4 is 40.3 Å². The first kappa shape index (κ1) is 31.9. The first-order valence-electron chi connectivity index (χ1n) is 15.3. The van der Waals surface area contributed by atoms with Crippen LogP contribution in [0.3, 0.4) is 0 Å². The van der Waals surface area contributed by atoms with Crippen molar-refractivity contribution in [3.05, 3.63) is 48.0 Å².